The van der Waals surface area contributed by atoms with Crippen molar-refractivity contribution in [1.82, 2.24) is 29.5 Å². The lowest BCUT2D eigenvalue weighted by atomic mass is 9.95. The highest BCUT2D eigenvalue weighted by molar-refractivity contribution is 5.93. The van der Waals surface area contributed by atoms with Gasteiger partial charge in [0.25, 0.3) is 11.5 Å². The topological polar surface area (TPSA) is 87.1 Å². The van der Waals surface area contributed by atoms with Crippen LogP contribution in [-0.2, 0) is 13.6 Å². The Morgan fingerprint density at radius 2 is 1.86 bits per heavy atom. The van der Waals surface area contributed by atoms with Crippen LogP contribution in [0.3, 0.4) is 0 Å². The van der Waals surface area contributed by atoms with Gasteiger partial charge < -0.3 is 14.5 Å². The van der Waals surface area contributed by atoms with Crippen LogP contribution in [0.25, 0.3) is 0 Å². The predicted octanol–water partition coefficient (Wildman–Crippen LogP) is 1.43. The first kappa shape index (κ1) is 18.9. The zero-order chi connectivity index (χ0) is 19.7. The molecule has 2 aliphatic heterocycles. The van der Waals surface area contributed by atoms with E-state index in [4.69, 9.17) is 0 Å². The number of H-pyrrole nitrogens is 1. The number of nitrogens with one attached hydrogen (secondary N) is 1. The molecule has 0 aromatic carbocycles. The maximum atomic E-state index is 12.7. The number of hydrogen-bond acceptors (Lipinski definition) is 5. The van der Waals surface area contributed by atoms with Crippen LogP contribution in [0.5, 0.6) is 0 Å². The van der Waals surface area contributed by atoms with Gasteiger partial charge in [0.05, 0.1) is 6.54 Å². The van der Waals surface area contributed by atoms with Gasteiger partial charge in [0.15, 0.2) is 0 Å². The number of piperidine rings is 1. The molecular formula is C20H28N6O2. The minimum Gasteiger partial charge on any atom is -0.338 e. The molecule has 2 fully saturated rings. The average Bonchev–Trinajstić information content (AvgIpc) is 3.32. The second kappa shape index (κ2) is 7.87. The summed E-state index contributed by atoms with van der Waals surface area (Å²) in [6, 6.07) is 3.39. The maximum Gasteiger partial charge on any atom is 0.260 e. The molecule has 0 aliphatic carbocycles. The van der Waals surface area contributed by atoms with Crippen LogP contribution in [0.1, 0.15) is 59.3 Å². The summed E-state index contributed by atoms with van der Waals surface area (Å²) >= 11 is 0. The Balaban J connectivity index is 1.39. The lowest BCUT2D eigenvalue weighted by Gasteiger charge is -2.31. The smallest absolute Gasteiger partial charge is 0.260 e. The van der Waals surface area contributed by atoms with Crippen molar-refractivity contribution in [2.24, 2.45) is 7.05 Å². The first-order valence-electron chi connectivity index (χ1n) is 10.1. The van der Waals surface area contributed by atoms with E-state index >= 15 is 0 Å². The van der Waals surface area contributed by atoms with Crippen molar-refractivity contribution in [1.29, 1.82) is 0 Å². The third-order valence-corrected chi connectivity index (χ3v) is 6.00. The van der Waals surface area contributed by atoms with Crippen molar-refractivity contribution >= 4 is 5.91 Å². The highest BCUT2D eigenvalue weighted by atomic mass is 16.2. The second-order valence-electron chi connectivity index (χ2n) is 7.97. The molecule has 0 unspecified atom stereocenters. The molecule has 1 amide bonds. The van der Waals surface area contributed by atoms with Crippen molar-refractivity contribution in [3.05, 3.63) is 45.4 Å². The van der Waals surface area contributed by atoms with Crippen LogP contribution < -0.4 is 5.56 Å². The summed E-state index contributed by atoms with van der Waals surface area (Å²) in [6.45, 7) is 6.20. The predicted molar refractivity (Wildman–Crippen MR) is 105 cm³/mol. The molecule has 0 saturated carbocycles. The zero-order valence-corrected chi connectivity index (χ0v) is 16.6. The summed E-state index contributed by atoms with van der Waals surface area (Å²) < 4.78 is 2.13. The van der Waals surface area contributed by atoms with E-state index in [1.165, 1.54) is 12.8 Å². The van der Waals surface area contributed by atoms with E-state index in [-0.39, 0.29) is 17.0 Å². The highest BCUT2D eigenvalue weighted by Crippen LogP contribution is 2.27. The summed E-state index contributed by atoms with van der Waals surface area (Å²) in [5, 5.41) is 8.88. The second-order valence-corrected chi connectivity index (χ2v) is 7.97. The summed E-state index contributed by atoms with van der Waals surface area (Å²) in [5.41, 5.74) is 0.662. The molecule has 28 heavy (non-hydrogen) atoms. The minimum atomic E-state index is -0.313. The molecule has 8 heteroatoms. The number of aryl methyl sites for hydroxylation is 1. The highest BCUT2D eigenvalue weighted by Gasteiger charge is 2.29. The van der Waals surface area contributed by atoms with Crippen LogP contribution in [0, 0.1) is 6.92 Å². The van der Waals surface area contributed by atoms with E-state index in [9.17, 15) is 9.59 Å². The summed E-state index contributed by atoms with van der Waals surface area (Å²) in [7, 11) is 2.05. The molecule has 2 aromatic heterocycles. The van der Waals surface area contributed by atoms with Gasteiger partial charge in [0.1, 0.15) is 17.2 Å². The van der Waals surface area contributed by atoms with Gasteiger partial charge in [-0.05, 0) is 57.8 Å². The first-order valence-corrected chi connectivity index (χ1v) is 10.1. The average molecular weight is 384 g/mol. The van der Waals surface area contributed by atoms with Crippen molar-refractivity contribution < 1.29 is 4.79 Å². The van der Waals surface area contributed by atoms with Gasteiger partial charge in [-0.3, -0.25) is 14.5 Å². The summed E-state index contributed by atoms with van der Waals surface area (Å²) in [5.74, 6) is 2.13. The Labute approximate surface area is 164 Å². The van der Waals surface area contributed by atoms with Gasteiger partial charge in [-0.1, -0.05) is 0 Å². The number of carbonyl (C=O) groups is 1. The monoisotopic (exact) mass is 384 g/mol. The Morgan fingerprint density at radius 3 is 2.54 bits per heavy atom. The number of aromatic amines is 1. The molecule has 2 saturated heterocycles. The standard InChI is InChI=1S/C20H28N6O2/c1-14-5-6-16(19(27)21-14)20(28)26-11-7-15(8-12-26)18-23-22-17(24(18)2)13-25-9-3-4-10-25/h5-6,15H,3-4,7-13H2,1-2H3,(H,21,27). The van der Waals surface area contributed by atoms with E-state index < -0.39 is 0 Å². The molecule has 0 radical (unpaired) electrons. The number of amides is 1. The summed E-state index contributed by atoms with van der Waals surface area (Å²) in [6.07, 6.45) is 4.21. The van der Waals surface area contributed by atoms with Gasteiger partial charge in [0.2, 0.25) is 0 Å². The molecule has 0 atom stereocenters. The Bertz CT molecular complexity index is 904. The molecular weight excluding hydrogens is 356 g/mol. The molecule has 0 spiro atoms. The van der Waals surface area contributed by atoms with Crippen LogP contribution >= 0.6 is 0 Å². The normalized spacial score (nSPS) is 18.7. The van der Waals surface area contributed by atoms with Crippen LogP contribution in [-0.4, -0.2) is 61.6 Å². The lowest BCUT2D eigenvalue weighted by molar-refractivity contribution is 0.0708. The molecule has 4 rings (SSSR count). The SMILES string of the molecule is Cc1ccc(C(=O)N2CCC(c3nnc(CN4CCCC4)n3C)CC2)c(=O)[nH]1. The van der Waals surface area contributed by atoms with Gasteiger partial charge in [-0.2, -0.15) is 0 Å². The molecule has 1 N–H and O–H groups in total. The fourth-order valence-corrected chi connectivity index (χ4v) is 4.26. The molecule has 4 heterocycles. The fraction of sp³-hybridized carbons (Fsp3) is 0.600. The first-order chi connectivity index (χ1) is 13.5. The van der Waals surface area contributed by atoms with E-state index in [1.807, 2.05) is 7.05 Å². The Morgan fingerprint density at radius 1 is 1.14 bits per heavy atom. The van der Waals surface area contributed by atoms with Crippen LogP contribution in [0.2, 0.25) is 0 Å². The van der Waals surface area contributed by atoms with Crippen molar-refractivity contribution in [3.63, 3.8) is 0 Å². The van der Waals surface area contributed by atoms with E-state index in [1.54, 1.807) is 24.0 Å². The molecule has 2 aromatic rings. The van der Waals surface area contributed by atoms with Crippen molar-refractivity contribution in [3.8, 4) is 0 Å². The van der Waals surface area contributed by atoms with Gasteiger partial charge in [0, 0.05) is 31.7 Å². The maximum absolute atomic E-state index is 12.7. The quantitative estimate of drug-likeness (QED) is 0.862. The van der Waals surface area contributed by atoms with E-state index in [0.717, 1.165) is 49.8 Å². The zero-order valence-electron chi connectivity index (χ0n) is 16.6. The van der Waals surface area contributed by atoms with Crippen molar-refractivity contribution in [2.45, 2.75) is 45.1 Å². The van der Waals surface area contributed by atoms with Gasteiger partial charge in [-0.25, -0.2) is 0 Å². The number of rotatable bonds is 4. The number of carbonyl (C=O) groups excluding carboxylic acids is 1. The van der Waals surface area contributed by atoms with Crippen LogP contribution in [0.4, 0.5) is 0 Å². The summed E-state index contributed by atoms with van der Waals surface area (Å²) in [4.78, 5) is 31.7. The number of hydrogen-bond donors (Lipinski definition) is 1. The Hall–Kier alpha value is -2.48. The molecule has 8 nitrogen and oxygen atoms in total. The van der Waals surface area contributed by atoms with Crippen molar-refractivity contribution in [2.75, 3.05) is 26.2 Å². The Kier molecular flexibility index (Phi) is 5.30. The molecule has 0 bridgehead atoms. The number of likely N-dealkylation sites (tertiary alicyclic amines) is 2. The number of nitrogens with zero attached hydrogens (tertiary/aromatic N) is 5. The van der Waals surface area contributed by atoms with Gasteiger partial charge >= 0.3 is 0 Å². The third kappa shape index (κ3) is 3.73. The molecule has 150 valence electrons. The van der Waals surface area contributed by atoms with E-state index in [2.05, 4.69) is 24.6 Å². The van der Waals surface area contributed by atoms with Gasteiger partial charge in [-0.15, -0.1) is 10.2 Å². The molecule has 2 aliphatic rings. The number of aromatic nitrogens is 4. The van der Waals surface area contributed by atoms with Crippen LogP contribution in [0.15, 0.2) is 16.9 Å². The minimum absolute atomic E-state index is 0.188. The lowest BCUT2D eigenvalue weighted by Crippen LogP contribution is -2.40. The largest absolute Gasteiger partial charge is 0.338 e. The van der Waals surface area contributed by atoms with E-state index in [0.29, 0.717) is 19.0 Å². The fourth-order valence-electron chi connectivity index (χ4n) is 4.26. The third-order valence-electron chi connectivity index (χ3n) is 6.00. The number of pyridine rings is 1.